The van der Waals surface area contributed by atoms with Crippen molar-refractivity contribution in [2.24, 2.45) is 0 Å². The van der Waals surface area contributed by atoms with Crippen LogP contribution in [0.3, 0.4) is 0 Å². The van der Waals surface area contributed by atoms with Crippen LogP contribution in [0.25, 0.3) is 11.1 Å². The molecular weight excluding hydrogens is 556 g/mol. The molecule has 4 aromatic rings. The van der Waals surface area contributed by atoms with Gasteiger partial charge in [0.15, 0.2) is 34.5 Å². The third-order valence-corrected chi connectivity index (χ3v) is 7.05. The fourth-order valence-corrected chi connectivity index (χ4v) is 5.42. The van der Waals surface area contributed by atoms with Crippen molar-refractivity contribution in [1.82, 2.24) is 0 Å². The summed E-state index contributed by atoms with van der Waals surface area (Å²) in [7, 11) is 0. The van der Waals surface area contributed by atoms with Gasteiger partial charge in [0.25, 0.3) is 0 Å². The maximum atomic E-state index is 10.4. The highest BCUT2D eigenvalue weighted by Gasteiger charge is 2.47. The topological polar surface area (TPSA) is 121 Å². The number of fused-ring (bicyclic) bond motifs is 3. The predicted octanol–water partition coefficient (Wildman–Crippen LogP) is 5.81. The largest absolute Gasteiger partial charge is 0.504 e. The molecule has 0 fully saturated rings. The van der Waals surface area contributed by atoms with Gasteiger partial charge in [0.2, 0.25) is 0 Å². The zero-order chi connectivity index (χ0) is 23.7. The number of phenolic OH excluding ortho intramolecular Hbond substituents is 6. The first-order valence-corrected chi connectivity index (χ1v) is 11.3. The molecule has 0 saturated carbocycles. The monoisotopic (exact) mass is 570 g/mol. The molecule has 33 heavy (non-hydrogen) atoms. The first-order chi connectivity index (χ1) is 15.6. The number of halogens is 2. The lowest BCUT2D eigenvalue weighted by Crippen LogP contribution is -2.28. The van der Waals surface area contributed by atoms with Gasteiger partial charge in [-0.1, -0.05) is 44.0 Å². The molecule has 4 aromatic carbocycles. The number of hydrogen-bond donors (Lipinski definition) is 6. The van der Waals surface area contributed by atoms with Crippen LogP contribution in [0.1, 0.15) is 22.3 Å². The van der Waals surface area contributed by atoms with E-state index in [9.17, 15) is 30.6 Å². The molecule has 0 aliphatic heterocycles. The first kappa shape index (κ1) is 21.5. The first-order valence-electron chi connectivity index (χ1n) is 9.76. The van der Waals surface area contributed by atoms with Crippen molar-refractivity contribution in [3.63, 3.8) is 0 Å². The number of benzene rings is 4. The van der Waals surface area contributed by atoms with E-state index in [2.05, 4.69) is 31.9 Å². The van der Waals surface area contributed by atoms with Gasteiger partial charge in [0, 0.05) is 8.95 Å². The second-order valence-corrected chi connectivity index (χ2v) is 9.69. The van der Waals surface area contributed by atoms with Crippen LogP contribution in [0.15, 0.2) is 69.6 Å². The Balaban J connectivity index is 2.03. The Morgan fingerprint density at radius 2 is 0.818 bits per heavy atom. The van der Waals surface area contributed by atoms with Gasteiger partial charge in [0.1, 0.15) is 0 Å². The molecule has 0 atom stereocenters. The van der Waals surface area contributed by atoms with Gasteiger partial charge in [-0.15, -0.1) is 0 Å². The molecular formula is C25H16Br2O6. The number of rotatable bonds is 2. The zero-order valence-corrected chi connectivity index (χ0v) is 19.9. The quantitative estimate of drug-likeness (QED) is 0.149. The maximum Gasteiger partial charge on any atom is 0.200 e. The molecule has 6 nitrogen and oxygen atoms in total. The molecule has 0 saturated heterocycles. The normalized spacial score (nSPS) is 13.5. The van der Waals surface area contributed by atoms with E-state index in [4.69, 9.17) is 0 Å². The Morgan fingerprint density at radius 3 is 1.15 bits per heavy atom. The Hall–Kier alpha value is -3.36. The van der Waals surface area contributed by atoms with Crippen LogP contribution in [-0.4, -0.2) is 30.6 Å². The summed E-state index contributed by atoms with van der Waals surface area (Å²) in [5, 5.41) is 61.6. The molecule has 8 heteroatoms. The van der Waals surface area contributed by atoms with Crippen LogP contribution in [0.4, 0.5) is 0 Å². The Kier molecular flexibility index (Phi) is 4.77. The van der Waals surface area contributed by atoms with Gasteiger partial charge >= 0.3 is 0 Å². The Bertz CT molecular complexity index is 1310. The molecule has 0 spiro atoms. The van der Waals surface area contributed by atoms with E-state index in [-0.39, 0.29) is 0 Å². The molecule has 0 unspecified atom stereocenters. The van der Waals surface area contributed by atoms with Gasteiger partial charge < -0.3 is 30.6 Å². The SMILES string of the molecule is Oc1cc(C2(c3cc(O)c(O)c(O)c3)c3cc(Br)ccc3-c3ccc(Br)cc32)cc(O)c1O. The second-order valence-electron chi connectivity index (χ2n) is 7.86. The summed E-state index contributed by atoms with van der Waals surface area (Å²) in [5.41, 5.74) is 2.69. The fraction of sp³-hybridized carbons (Fsp3) is 0.0400. The van der Waals surface area contributed by atoms with Crippen LogP contribution < -0.4 is 0 Å². The van der Waals surface area contributed by atoms with Gasteiger partial charge in [-0.3, -0.25) is 0 Å². The highest BCUT2D eigenvalue weighted by Crippen LogP contribution is 2.59. The van der Waals surface area contributed by atoms with E-state index in [1.54, 1.807) is 0 Å². The second kappa shape index (κ2) is 7.33. The zero-order valence-electron chi connectivity index (χ0n) is 16.7. The van der Waals surface area contributed by atoms with Crippen molar-refractivity contribution in [2.45, 2.75) is 5.41 Å². The number of hydrogen-bond acceptors (Lipinski definition) is 6. The van der Waals surface area contributed by atoms with E-state index < -0.39 is 39.9 Å². The van der Waals surface area contributed by atoms with E-state index in [1.165, 1.54) is 24.3 Å². The summed E-state index contributed by atoms with van der Waals surface area (Å²) in [5.74, 6) is -3.44. The van der Waals surface area contributed by atoms with E-state index >= 15 is 0 Å². The van der Waals surface area contributed by atoms with Crippen LogP contribution in [0.5, 0.6) is 34.5 Å². The van der Waals surface area contributed by atoms with Crippen LogP contribution in [-0.2, 0) is 5.41 Å². The molecule has 0 aromatic heterocycles. The minimum atomic E-state index is -1.25. The standard InChI is InChI=1S/C25H16Br2O6/c26-13-1-3-15-16-4-2-14(27)10-18(16)25(17(15)9-13,11-5-19(28)23(32)20(29)6-11)12-7-21(30)24(33)22(31)8-12/h1-10,28-33H. The lowest BCUT2D eigenvalue weighted by atomic mass is 9.67. The number of phenols is 6. The van der Waals surface area contributed by atoms with Crippen LogP contribution in [0.2, 0.25) is 0 Å². The lowest BCUT2D eigenvalue weighted by Gasteiger charge is -2.34. The molecule has 0 bridgehead atoms. The van der Waals surface area contributed by atoms with Crippen molar-refractivity contribution in [3.05, 3.63) is 91.9 Å². The van der Waals surface area contributed by atoms with E-state index in [0.29, 0.717) is 11.1 Å². The molecule has 166 valence electrons. The van der Waals surface area contributed by atoms with Gasteiger partial charge in [-0.05, 0) is 81.9 Å². The van der Waals surface area contributed by atoms with Gasteiger partial charge in [-0.2, -0.15) is 0 Å². The van der Waals surface area contributed by atoms with Crippen LogP contribution >= 0.6 is 31.9 Å². The molecule has 0 heterocycles. The Morgan fingerprint density at radius 1 is 0.485 bits per heavy atom. The fourth-order valence-electron chi connectivity index (χ4n) is 4.70. The highest BCUT2D eigenvalue weighted by atomic mass is 79.9. The molecule has 0 amide bonds. The van der Waals surface area contributed by atoms with E-state index in [1.807, 2.05) is 36.4 Å². The Labute approximate surface area is 204 Å². The molecule has 0 radical (unpaired) electrons. The third kappa shape index (κ3) is 2.98. The smallest absolute Gasteiger partial charge is 0.200 e. The molecule has 5 rings (SSSR count). The summed E-state index contributed by atoms with van der Waals surface area (Å²) >= 11 is 7.03. The predicted molar refractivity (Wildman–Crippen MR) is 129 cm³/mol. The van der Waals surface area contributed by atoms with E-state index in [0.717, 1.165) is 31.2 Å². The molecule has 1 aliphatic carbocycles. The minimum Gasteiger partial charge on any atom is -0.504 e. The lowest BCUT2D eigenvalue weighted by molar-refractivity contribution is 0.365. The maximum absolute atomic E-state index is 10.4. The summed E-state index contributed by atoms with van der Waals surface area (Å²) in [6, 6.07) is 16.7. The number of aromatic hydroxyl groups is 6. The average molecular weight is 572 g/mol. The van der Waals surface area contributed by atoms with Crippen molar-refractivity contribution in [2.75, 3.05) is 0 Å². The third-order valence-electron chi connectivity index (χ3n) is 6.07. The van der Waals surface area contributed by atoms with Crippen molar-refractivity contribution >= 4 is 31.9 Å². The molecule has 6 N–H and O–H groups in total. The van der Waals surface area contributed by atoms with Crippen molar-refractivity contribution in [1.29, 1.82) is 0 Å². The summed E-state index contributed by atoms with van der Waals surface area (Å²) in [4.78, 5) is 0. The average Bonchev–Trinajstić information content (AvgIpc) is 3.04. The summed E-state index contributed by atoms with van der Waals surface area (Å²) in [6.07, 6.45) is 0. The minimum absolute atomic E-state index is 0.371. The summed E-state index contributed by atoms with van der Waals surface area (Å²) in [6.45, 7) is 0. The highest BCUT2D eigenvalue weighted by molar-refractivity contribution is 9.10. The van der Waals surface area contributed by atoms with Gasteiger partial charge in [0.05, 0.1) is 5.41 Å². The van der Waals surface area contributed by atoms with Crippen molar-refractivity contribution < 1.29 is 30.6 Å². The molecule has 1 aliphatic rings. The van der Waals surface area contributed by atoms with Crippen molar-refractivity contribution in [3.8, 4) is 45.6 Å². The van der Waals surface area contributed by atoms with Crippen LogP contribution in [0, 0.1) is 0 Å². The summed E-state index contributed by atoms with van der Waals surface area (Å²) < 4.78 is 1.52. The van der Waals surface area contributed by atoms with Gasteiger partial charge in [-0.25, -0.2) is 0 Å².